The molecular weight excluding hydrogens is 232 g/mol. The summed E-state index contributed by atoms with van der Waals surface area (Å²) in [4.78, 5) is 2.53. The van der Waals surface area contributed by atoms with Gasteiger partial charge in [-0.3, -0.25) is 0 Å². The van der Waals surface area contributed by atoms with Crippen LogP contribution in [-0.2, 0) is 0 Å². The SMILES string of the molecule is CCN(CC)CCCNC1CCCC2CCCCC21. The fourth-order valence-electron chi connectivity index (χ4n) is 4.32. The van der Waals surface area contributed by atoms with Crippen molar-refractivity contribution in [1.82, 2.24) is 10.2 Å². The van der Waals surface area contributed by atoms with Crippen molar-refractivity contribution in [2.45, 2.75) is 71.3 Å². The van der Waals surface area contributed by atoms with Crippen LogP contribution in [0, 0.1) is 11.8 Å². The zero-order valence-electron chi connectivity index (χ0n) is 13.2. The van der Waals surface area contributed by atoms with Crippen LogP contribution >= 0.6 is 0 Å². The van der Waals surface area contributed by atoms with Gasteiger partial charge in [-0.1, -0.05) is 46.0 Å². The zero-order valence-corrected chi connectivity index (χ0v) is 13.2. The van der Waals surface area contributed by atoms with Crippen molar-refractivity contribution in [3.8, 4) is 0 Å². The number of nitrogens with one attached hydrogen (secondary N) is 1. The van der Waals surface area contributed by atoms with Crippen molar-refractivity contribution in [1.29, 1.82) is 0 Å². The van der Waals surface area contributed by atoms with Crippen LogP contribution in [-0.4, -0.2) is 37.1 Å². The van der Waals surface area contributed by atoms with Gasteiger partial charge in [0.15, 0.2) is 0 Å². The van der Waals surface area contributed by atoms with Crippen LogP contribution in [0.15, 0.2) is 0 Å². The Kier molecular flexibility index (Phi) is 6.66. The van der Waals surface area contributed by atoms with E-state index in [9.17, 15) is 0 Å². The Labute approximate surface area is 120 Å². The topological polar surface area (TPSA) is 15.3 Å². The summed E-state index contributed by atoms with van der Waals surface area (Å²) >= 11 is 0. The molecule has 112 valence electrons. The molecule has 2 nitrogen and oxygen atoms in total. The third-order valence-electron chi connectivity index (χ3n) is 5.53. The largest absolute Gasteiger partial charge is 0.314 e. The summed E-state index contributed by atoms with van der Waals surface area (Å²) in [6.45, 7) is 9.43. The van der Waals surface area contributed by atoms with Gasteiger partial charge in [0.05, 0.1) is 0 Å². The molecule has 0 heterocycles. The van der Waals surface area contributed by atoms with Crippen molar-refractivity contribution < 1.29 is 0 Å². The maximum Gasteiger partial charge on any atom is 0.00979 e. The minimum absolute atomic E-state index is 0.843. The molecule has 2 aliphatic carbocycles. The van der Waals surface area contributed by atoms with E-state index < -0.39 is 0 Å². The number of fused-ring (bicyclic) bond motifs is 1. The predicted molar refractivity (Wildman–Crippen MR) is 83.5 cm³/mol. The first-order chi connectivity index (χ1) is 9.35. The quantitative estimate of drug-likeness (QED) is 0.707. The van der Waals surface area contributed by atoms with Gasteiger partial charge < -0.3 is 10.2 Å². The lowest BCUT2D eigenvalue weighted by Gasteiger charge is -2.42. The molecule has 0 aromatic heterocycles. The average molecular weight is 266 g/mol. The summed E-state index contributed by atoms with van der Waals surface area (Å²) in [5.74, 6) is 2.07. The molecule has 0 spiro atoms. The van der Waals surface area contributed by atoms with Crippen molar-refractivity contribution in [3.05, 3.63) is 0 Å². The van der Waals surface area contributed by atoms with Gasteiger partial charge in [0, 0.05) is 6.04 Å². The molecule has 0 saturated heterocycles. The standard InChI is InChI=1S/C17H34N2/c1-3-19(4-2)14-8-13-18-17-12-7-10-15-9-5-6-11-16(15)17/h15-18H,3-14H2,1-2H3. The number of nitrogens with zero attached hydrogens (tertiary/aromatic N) is 1. The Balaban J connectivity index is 1.67. The Bertz CT molecular complexity index is 235. The van der Waals surface area contributed by atoms with E-state index in [0.29, 0.717) is 0 Å². The van der Waals surface area contributed by atoms with Crippen LogP contribution in [0.1, 0.15) is 65.2 Å². The first-order valence-corrected chi connectivity index (χ1v) is 8.80. The highest BCUT2D eigenvalue weighted by Gasteiger charge is 2.34. The minimum Gasteiger partial charge on any atom is -0.314 e. The lowest BCUT2D eigenvalue weighted by atomic mass is 9.68. The lowest BCUT2D eigenvalue weighted by Crippen LogP contribution is -2.44. The first kappa shape index (κ1) is 15.3. The van der Waals surface area contributed by atoms with Crippen molar-refractivity contribution in [2.75, 3.05) is 26.2 Å². The molecule has 1 N–H and O–H groups in total. The summed E-state index contributed by atoms with van der Waals surface area (Å²) < 4.78 is 0. The first-order valence-electron chi connectivity index (χ1n) is 8.80. The Morgan fingerprint density at radius 3 is 2.47 bits per heavy atom. The van der Waals surface area contributed by atoms with E-state index in [-0.39, 0.29) is 0 Å². The predicted octanol–water partition coefficient (Wildman–Crippen LogP) is 3.67. The highest BCUT2D eigenvalue weighted by atomic mass is 15.1. The smallest absolute Gasteiger partial charge is 0.00979 e. The Hall–Kier alpha value is -0.0800. The van der Waals surface area contributed by atoms with Crippen molar-refractivity contribution in [2.24, 2.45) is 11.8 Å². The molecule has 0 aliphatic heterocycles. The lowest BCUT2D eigenvalue weighted by molar-refractivity contribution is 0.125. The second kappa shape index (κ2) is 8.26. The van der Waals surface area contributed by atoms with Gasteiger partial charge in [-0.05, 0) is 57.3 Å². The molecule has 0 bridgehead atoms. The van der Waals surface area contributed by atoms with Crippen molar-refractivity contribution >= 4 is 0 Å². The van der Waals surface area contributed by atoms with Gasteiger partial charge in [-0.15, -0.1) is 0 Å². The number of hydrogen-bond donors (Lipinski definition) is 1. The van der Waals surface area contributed by atoms with E-state index in [1.54, 1.807) is 0 Å². The summed E-state index contributed by atoms with van der Waals surface area (Å²) in [6, 6.07) is 0.843. The molecular formula is C17H34N2. The van der Waals surface area contributed by atoms with E-state index in [1.807, 2.05) is 0 Å². The molecule has 3 atom stereocenters. The van der Waals surface area contributed by atoms with Crippen LogP contribution < -0.4 is 5.32 Å². The molecule has 3 unspecified atom stereocenters. The van der Waals surface area contributed by atoms with Gasteiger partial charge in [0.2, 0.25) is 0 Å². The number of hydrogen-bond acceptors (Lipinski definition) is 2. The van der Waals surface area contributed by atoms with E-state index in [2.05, 4.69) is 24.1 Å². The van der Waals surface area contributed by atoms with Crippen LogP contribution in [0.5, 0.6) is 0 Å². The van der Waals surface area contributed by atoms with Gasteiger partial charge in [0.25, 0.3) is 0 Å². The molecule has 0 aromatic rings. The summed E-state index contributed by atoms with van der Waals surface area (Å²) in [5.41, 5.74) is 0. The summed E-state index contributed by atoms with van der Waals surface area (Å²) in [6.07, 6.45) is 11.7. The molecule has 2 saturated carbocycles. The minimum atomic E-state index is 0.843. The maximum atomic E-state index is 3.90. The molecule has 0 amide bonds. The molecule has 0 aromatic carbocycles. The maximum absolute atomic E-state index is 3.90. The summed E-state index contributed by atoms with van der Waals surface area (Å²) in [7, 11) is 0. The monoisotopic (exact) mass is 266 g/mol. The van der Waals surface area contributed by atoms with Crippen LogP contribution in [0.4, 0.5) is 0 Å². The fraction of sp³-hybridized carbons (Fsp3) is 1.00. The molecule has 2 fully saturated rings. The fourth-order valence-corrected chi connectivity index (χ4v) is 4.32. The molecule has 19 heavy (non-hydrogen) atoms. The van der Waals surface area contributed by atoms with Crippen LogP contribution in [0.25, 0.3) is 0 Å². The van der Waals surface area contributed by atoms with Crippen LogP contribution in [0.3, 0.4) is 0 Å². The molecule has 2 aliphatic rings. The molecule has 2 heteroatoms. The van der Waals surface area contributed by atoms with Gasteiger partial charge in [-0.2, -0.15) is 0 Å². The van der Waals surface area contributed by atoms with E-state index in [4.69, 9.17) is 0 Å². The highest BCUT2D eigenvalue weighted by Crippen LogP contribution is 2.40. The summed E-state index contributed by atoms with van der Waals surface area (Å²) in [5, 5.41) is 3.90. The Morgan fingerprint density at radius 2 is 1.68 bits per heavy atom. The third kappa shape index (κ3) is 4.46. The Morgan fingerprint density at radius 1 is 0.947 bits per heavy atom. The second-order valence-electron chi connectivity index (χ2n) is 6.58. The van der Waals surface area contributed by atoms with Gasteiger partial charge in [0.1, 0.15) is 0 Å². The van der Waals surface area contributed by atoms with E-state index >= 15 is 0 Å². The average Bonchev–Trinajstić information content (AvgIpc) is 2.47. The molecule has 0 radical (unpaired) electrons. The van der Waals surface area contributed by atoms with Gasteiger partial charge >= 0.3 is 0 Å². The number of rotatable bonds is 7. The normalized spacial score (nSPS) is 31.4. The highest BCUT2D eigenvalue weighted by molar-refractivity contribution is 4.89. The van der Waals surface area contributed by atoms with E-state index in [0.717, 1.165) is 17.9 Å². The molecule has 2 rings (SSSR count). The second-order valence-corrected chi connectivity index (χ2v) is 6.58. The zero-order chi connectivity index (χ0) is 13.5. The van der Waals surface area contributed by atoms with Gasteiger partial charge in [-0.25, -0.2) is 0 Å². The van der Waals surface area contributed by atoms with E-state index in [1.165, 1.54) is 77.5 Å². The third-order valence-corrected chi connectivity index (χ3v) is 5.53. The van der Waals surface area contributed by atoms with Crippen LogP contribution in [0.2, 0.25) is 0 Å². The van der Waals surface area contributed by atoms with Crippen molar-refractivity contribution in [3.63, 3.8) is 0 Å².